The van der Waals surface area contributed by atoms with Gasteiger partial charge in [-0.05, 0) is 24.6 Å². The van der Waals surface area contributed by atoms with Gasteiger partial charge in [0.1, 0.15) is 5.82 Å². The average molecular weight is 326 g/mol. The van der Waals surface area contributed by atoms with Crippen LogP contribution in [0.3, 0.4) is 0 Å². The first-order valence-corrected chi connectivity index (χ1v) is 7.83. The number of aliphatic carboxylic acids is 1. The van der Waals surface area contributed by atoms with Gasteiger partial charge in [0.15, 0.2) is 5.16 Å². The number of hydrogen-bond donors (Lipinski definition) is 1. The molecule has 0 spiro atoms. The van der Waals surface area contributed by atoms with E-state index < -0.39 is 5.97 Å². The van der Waals surface area contributed by atoms with E-state index in [0.717, 1.165) is 28.8 Å². The molecule has 112 valence electrons. The molecule has 0 unspecified atom stereocenters. The third-order valence-electron chi connectivity index (χ3n) is 2.91. The maximum absolute atomic E-state index is 10.8. The van der Waals surface area contributed by atoms with Gasteiger partial charge in [-0.15, -0.1) is 10.2 Å². The summed E-state index contributed by atoms with van der Waals surface area (Å²) in [6, 6.07) is 5.70. The molecule has 7 heteroatoms. The zero-order chi connectivity index (χ0) is 15.6. The highest BCUT2D eigenvalue weighted by atomic mass is 35.5. The minimum atomic E-state index is -0.886. The monoisotopic (exact) mass is 325 g/mol. The number of carbonyl (C=O) groups is 1. The van der Waals surface area contributed by atoms with Gasteiger partial charge in [-0.1, -0.05) is 43.3 Å². The maximum Gasteiger partial charge on any atom is 0.313 e. The molecule has 0 atom stereocenters. The Bertz CT molecular complexity index is 670. The Hall–Kier alpha value is -1.53. The molecule has 0 radical (unpaired) electrons. The van der Waals surface area contributed by atoms with Gasteiger partial charge in [-0.2, -0.15) is 0 Å². The van der Waals surface area contributed by atoms with Gasteiger partial charge < -0.3 is 5.11 Å². The predicted molar refractivity (Wildman–Crippen MR) is 83.6 cm³/mol. The van der Waals surface area contributed by atoms with Crippen molar-refractivity contribution in [3.8, 4) is 5.69 Å². The number of halogens is 1. The number of hydrogen-bond acceptors (Lipinski definition) is 4. The maximum atomic E-state index is 10.8. The van der Waals surface area contributed by atoms with E-state index in [1.807, 2.05) is 43.5 Å². The van der Waals surface area contributed by atoms with Gasteiger partial charge in [-0.3, -0.25) is 9.36 Å². The number of rotatable bonds is 5. The van der Waals surface area contributed by atoms with Crippen LogP contribution in [-0.2, 0) is 4.79 Å². The van der Waals surface area contributed by atoms with E-state index in [1.165, 1.54) is 0 Å². The first-order valence-electron chi connectivity index (χ1n) is 6.46. The Kier molecular flexibility index (Phi) is 4.90. The number of aromatic nitrogens is 3. The van der Waals surface area contributed by atoms with Crippen LogP contribution in [0.2, 0.25) is 5.02 Å². The largest absolute Gasteiger partial charge is 0.481 e. The molecule has 1 heterocycles. The van der Waals surface area contributed by atoms with E-state index in [4.69, 9.17) is 16.7 Å². The molecule has 0 saturated heterocycles. The predicted octanol–water partition coefficient (Wildman–Crippen LogP) is 3.53. The van der Waals surface area contributed by atoms with Crippen molar-refractivity contribution in [2.75, 3.05) is 5.75 Å². The highest BCUT2D eigenvalue weighted by molar-refractivity contribution is 7.99. The summed E-state index contributed by atoms with van der Waals surface area (Å²) in [5.41, 5.74) is 1.83. The highest BCUT2D eigenvalue weighted by Crippen LogP contribution is 2.28. The molecule has 0 bridgehead atoms. The lowest BCUT2D eigenvalue weighted by Gasteiger charge is -2.12. The molecule has 5 nitrogen and oxygen atoms in total. The van der Waals surface area contributed by atoms with E-state index in [-0.39, 0.29) is 11.7 Å². The van der Waals surface area contributed by atoms with Crippen LogP contribution in [-0.4, -0.2) is 31.6 Å². The number of carboxylic acids is 1. The fourth-order valence-electron chi connectivity index (χ4n) is 1.84. The normalized spacial score (nSPS) is 11.1. The van der Waals surface area contributed by atoms with E-state index in [9.17, 15) is 4.79 Å². The molecule has 0 amide bonds. The van der Waals surface area contributed by atoms with Crippen molar-refractivity contribution in [3.05, 3.63) is 34.6 Å². The summed E-state index contributed by atoms with van der Waals surface area (Å²) in [4.78, 5) is 10.8. The van der Waals surface area contributed by atoms with Crippen molar-refractivity contribution in [1.29, 1.82) is 0 Å². The first-order chi connectivity index (χ1) is 9.90. The SMILES string of the molecule is Cc1ccc(-n2c(SCC(=O)O)nnc2C(C)C)cc1Cl. The summed E-state index contributed by atoms with van der Waals surface area (Å²) >= 11 is 7.33. The molecular formula is C14H16ClN3O2S. The molecule has 2 rings (SSSR count). The zero-order valence-electron chi connectivity index (χ0n) is 12.0. The van der Waals surface area contributed by atoms with Gasteiger partial charge in [0.2, 0.25) is 0 Å². The van der Waals surface area contributed by atoms with Gasteiger partial charge in [0, 0.05) is 10.9 Å². The zero-order valence-corrected chi connectivity index (χ0v) is 13.6. The molecule has 21 heavy (non-hydrogen) atoms. The fraction of sp³-hybridized carbons (Fsp3) is 0.357. The van der Waals surface area contributed by atoms with Gasteiger partial charge >= 0.3 is 5.97 Å². The van der Waals surface area contributed by atoms with Crippen LogP contribution < -0.4 is 0 Å². The van der Waals surface area contributed by atoms with Crippen LogP contribution in [0.25, 0.3) is 5.69 Å². The summed E-state index contributed by atoms with van der Waals surface area (Å²) < 4.78 is 1.86. The van der Waals surface area contributed by atoms with Crippen molar-refractivity contribution in [1.82, 2.24) is 14.8 Å². The molecule has 0 aliphatic rings. The molecule has 0 saturated carbocycles. The van der Waals surface area contributed by atoms with Crippen LogP contribution in [0.4, 0.5) is 0 Å². The lowest BCUT2D eigenvalue weighted by molar-refractivity contribution is -0.133. The Balaban J connectivity index is 2.49. The van der Waals surface area contributed by atoms with Crippen molar-refractivity contribution in [2.45, 2.75) is 31.8 Å². The molecular weight excluding hydrogens is 310 g/mol. The van der Waals surface area contributed by atoms with Crippen molar-refractivity contribution >= 4 is 29.3 Å². The average Bonchev–Trinajstić information content (AvgIpc) is 2.83. The summed E-state index contributed by atoms with van der Waals surface area (Å²) in [6.45, 7) is 5.96. The number of carboxylic acid groups (broad SMARTS) is 1. The summed E-state index contributed by atoms with van der Waals surface area (Å²) in [5, 5.41) is 18.3. The lowest BCUT2D eigenvalue weighted by atomic mass is 10.2. The topological polar surface area (TPSA) is 68.0 Å². The highest BCUT2D eigenvalue weighted by Gasteiger charge is 2.18. The third kappa shape index (κ3) is 3.57. The fourth-order valence-corrected chi connectivity index (χ4v) is 2.69. The van der Waals surface area contributed by atoms with E-state index >= 15 is 0 Å². The van der Waals surface area contributed by atoms with Gasteiger partial charge in [-0.25, -0.2) is 0 Å². The molecule has 1 aromatic heterocycles. The van der Waals surface area contributed by atoms with E-state index in [1.54, 1.807) is 0 Å². The van der Waals surface area contributed by atoms with Crippen molar-refractivity contribution in [2.24, 2.45) is 0 Å². The number of aryl methyl sites for hydroxylation is 1. The van der Waals surface area contributed by atoms with Gasteiger partial charge in [0.05, 0.1) is 11.4 Å². The van der Waals surface area contributed by atoms with Crippen LogP contribution in [0, 0.1) is 6.92 Å². The molecule has 1 N–H and O–H groups in total. The smallest absolute Gasteiger partial charge is 0.313 e. The van der Waals surface area contributed by atoms with Crippen LogP contribution >= 0.6 is 23.4 Å². The Morgan fingerprint density at radius 1 is 1.43 bits per heavy atom. The van der Waals surface area contributed by atoms with Gasteiger partial charge in [0.25, 0.3) is 0 Å². The second kappa shape index (κ2) is 6.49. The molecule has 2 aromatic rings. The van der Waals surface area contributed by atoms with Crippen molar-refractivity contribution in [3.63, 3.8) is 0 Å². The van der Waals surface area contributed by atoms with E-state index in [0.29, 0.717) is 10.2 Å². The Morgan fingerprint density at radius 2 is 2.14 bits per heavy atom. The van der Waals surface area contributed by atoms with Crippen LogP contribution in [0.15, 0.2) is 23.4 Å². The lowest BCUT2D eigenvalue weighted by Crippen LogP contribution is -2.06. The van der Waals surface area contributed by atoms with E-state index in [2.05, 4.69) is 10.2 Å². The Morgan fingerprint density at radius 3 is 2.71 bits per heavy atom. The molecule has 0 aliphatic heterocycles. The standard InChI is InChI=1S/C14H16ClN3O2S/c1-8(2)13-16-17-14(21-7-12(19)20)18(13)10-5-4-9(3)11(15)6-10/h4-6,8H,7H2,1-3H3,(H,19,20). The first kappa shape index (κ1) is 15.9. The number of benzene rings is 1. The third-order valence-corrected chi connectivity index (χ3v) is 4.23. The number of nitrogens with zero attached hydrogens (tertiary/aromatic N) is 3. The molecule has 0 aliphatic carbocycles. The van der Waals surface area contributed by atoms with Crippen LogP contribution in [0.5, 0.6) is 0 Å². The van der Waals surface area contributed by atoms with Crippen LogP contribution in [0.1, 0.15) is 31.2 Å². The minimum absolute atomic E-state index is 0.0597. The second-order valence-corrected chi connectivity index (χ2v) is 6.30. The Labute approximate surface area is 132 Å². The number of thioether (sulfide) groups is 1. The summed E-state index contributed by atoms with van der Waals surface area (Å²) in [7, 11) is 0. The quantitative estimate of drug-likeness (QED) is 0.852. The second-order valence-electron chi connectivity index (χ2n) is 4.95. The molecule has 1 aromatic carbocycles. The summed E-state index contributed by atoms with van der Waals surface area (Å²) in [5.74, 6) is -0.00215. The van der Waals surface area contributed by atoms with Crippen molar-refractivity contribution < 1.29 is 9.90 Å². The molecule has 0 fully saturated rings. The summed E-state index contributed by atoms with van der Waals surface area (Å²) in [6.07, 6.45) is 0. The minimum Gasteiger partial charge on any atom is -0.481 e.